The molecule has 0 unspecified atom stereocenters. The Bertz CT molecular complexity index is 1510. The van der Waals surface area contributed by atoms with Crippen molar-refractivity contribution in [2.45, 2.75) is 19.8 Å². The highest BCUT2D eigenvalue weighted by Gasteiger charge is 2.30. The number of amides is 3. The van der Waals surface area contributed by atoms with Crippen LogP contribution < -0.4 is 15.5 Å². The van der Waals surface area contributed by atoms with Gasteiger partial charge in [-0.25, -0.2) is 9.59 Å². The number of nitrogens with one attached hydrogen (secondary N) is 2. The number of rotatable bonds is 3. The van der Waals surface area contributed by atoms with Crippen LogP contribution in [0.25, 0.3) is 21.8 Å². The molecule has 0 atom stereocenters. The Labute approximate surface area is 194 Å². The quantitative estimate of drug-likeness (QED) is 0.408. The fraction of sp³-hybridized carbons (Fsp3) is 0.240. The Morgan fingerprint density at radius 3 is 2.06 bits per heavy atom. The summed E-state index contributed by atoms with van der Waals surface area (Å²) in [6.45, 7) is 3.17. The Morgan fingerprint density at radius 2 is 1.44 bits per heavy atom. The van der Waals surface area contributed by atoms with Gasteiger partial charge in [0.05, 0.1) is 6.61 Å². The molecule has 4 heterocycles. The van der Waals surface area contributed by atoms with E-state index in [-0.39, 0.29) is 11.9 Å². The zero-order valence-electron chi connectivity index (χ0n) is 18.6. The number of fused-ring (bicyclic) bond motifs is 6. The number of benzene rings is 2. The maximum absolute atomic E-state index is 13.5. The van der Waals surface area contributed by atoms with Gasteiger partial charge < -0.3 is 25.3 Å². The van der Waals surface area contributed by atoms with Gasteiger partial charge in [-0.05, 0) is 67.3 Å². The first kappa shape index (κ1) is 20.3. The summed E-state index contributed by atoms with van der Waals surface area (Å²) >= 11 is 0. The van der Waals surface area contributed by atoms with Crippen molar-refractivity contribution in [3.8, 4) is 0 Å². The number of nitrogens with two attached hydrogens (primary N) is 1. The topological polar surface area (TPSA) is 125 Å². The van der Waals surface area contributed by atoms with Gasteiger partial charge in [0.1, 0.15) is 11.4 Å². The minimum absolute atomic E-state index is 0.117. The maximum atomic E-state index is 13.5. The van der Waals surface area contributed by atoms with Gasteiger partial charge in [0.25, 0.3) is 5.91 Å². The van der Waals surface area contributed by atoms with E-state index < -0.39 is 6.03 Å². The molecule has 4 aromatic rings. The molecule has 0 aliphatic carbocycles. The second kappa shape index (κ2) is 7.38. The van der Waals surface area contributed by atoms with Crippen molar-refractivity contribution in [2.75, 3.05) is 29.5 Å². The highest BCUT2D eigenvalue weighted by molar-refractivity contribution is 6.11. The average Bonchev–Trinajstić information content (AvgIpc) is 3.60. The van der Waals surface area contributed by atoms with Gasteiger partial charge in [-0.2, -0.15) is 0 Å². The zero-order valence-corrected chi connectivity index (χ0v) is 18.6. The molecule has 3 amide bonds. The van der Waals surface area contributed by atoms with Crippen LogP contribution in [0.15, 0.2) is 36.4 Å². The Balaban J connectivity index is 1.35. The van der Waals surface area contributed by atoms with E-state index in [4.69, 9.17) is 10.5 Å². The van der Waals surface area contributed by atoms with Crippen LogP contribution in [0.3, 0.4) is 0 Å². The third-order valence-corrected chi connectivity index (χ3v) is 6.77. The molecule has 0 spiro atoms. The lowest BCUT2D eigenvalue weighted by molar-refractivity contribution is 0.0520. The number of anilines is 2. The molecular weight excluding hydrogens is 434 g/mol. The van der Waals surface area contributed by atoms with Gasteiger partial charge in [-0.1, -0.05) is 0 Å². The highest BCUT2D eigenvalue weighted by atomic mass is 16.5. The lowest BCUT2D eigenvalue weighted by atomic mass is 10.1. The molecule has 0 saturated carbocycles. The van der Waals surface area contributed by atoms with Gasteiger partial charge in [-0.3, -0.25) is 9.69 Å². The maximum Gasteiger partial charge on any atom is 0.354 e. The lowest BCUT2D eigenvalue weighted by Crippen LogP contribution is -2.33. The molecular formula is C25H23N5O4. The largest absolute Gasteiger partial charge is 0.461 e. The molecule has 2 aromatic carbocycles. The van der Waals surface area contributed by atoms with Crippen LogP contribution in [-0.2, 0) is 17.6 Å². The van der Waals surface area contributed by atoms with Gasteiger partial charge >= 0.3 is 12.0 Å². The molecule has 0 saturated heterocycles. The van der Waals surface area contributed by atoms with E-state index in [0.717, 1.165) is 44.3 Å². The van der Waals surface area contributed by atoms with Crippen LogP contribution in [0.2, 0.25) is 0 Å². The first-order chi connectivity index (χ1) is 16.5. The predicted molar refractivity (Wildman–Crippen MR) is 129 cm³/mol. The SMILES string of the molecule is CCOC(=O)c1cc2c3c(ccc2[nH]1)N(C(=O)c1cc2c4c(ccc2[nH]1)N(C(N)=O)CC4)CC3. The van der Waals surface area contributed by atoms with Crippen molar-refractivity contribution < 1.29 is 19.1 Å². The van der Waals surface area contributed by atoms with Crippen LogP contribution in [0.1, 0.15) is 39.0 Å². The summed E-state index contributed by atoms with van der Waals surface area (Å²) in [6.07, 6.45) is 1.39. The highest BCUT2D eigenvalue weighted by Crippen LogP contribution is 2.37. The summed E-state index contributed by atoms with van der Waals surface area (Å²) < 4.78 is 5.11. The monoisotopic (exact) mass is 457 g/mol. The van der Waals surface area contributed by atoms with E-state index in [0.29, 0.717) is 43.9 Å². The number of carbonyl (C=O) groups is 3. The van der Waals surface area contributed by atoms with Gasteiger partial charge in [0.2, 0.25) is 0 Å². The molecule has 2 aliphatic heterocycles. The third-order valence-electron chi connectivity index (χ3n) is 6.77. The second-order valence-electron chi connectivity index (χ2n) is 8.58. The first-order valence-corrected chi connectivity index (χ1v) is 11.3. The normalized spacial score (nSPS) is 14.6. The van der Waals surface area contributed by atoms with Crippen molar-refractivity contribution in [3.63, 3.8) is 0 Å². The van der Waals surface area contributed by atoms with E-state index >= 15 is 0 Å². The number of urea groups is 1. The Morgan fingerprint density at radius 1 is 0.882 bits per heavy atom. The standard InChI is InChI=1S/C25H23N5O4/c1-2-34-24(32)20-12-16-13-7-9-29(21(13)5-3-18(16)28-20)23(31)19-11-15-14-8-10-30(25(26)33)22(14)6-4-17(15)27-19/h3-6,11-12,27-28H,2,7-10H2,1H3,(H2,26,33). The summed E-state index contributed by atoms with van der Waals surface area (Å²) in [6, 6.07) is 10.8. The predicted octanol–water partition coefficient (Wildman–Crippen LogP) is 3.47. The van der Waals surface area contributed by atoms with Crippen molar-refractivity contribution in [1.82, 2.24) is 9.97 Å². The number of ether oxygens (including phenoxy) is 1. The molecule has 2 aromatic heterocycles. The van der Waals surface area contributed by atoms with E-state index in [2.05, 4.69) is 9.97 Å². The Hall–Kier alpha value is -4.27. The van der Waals surface area contributed by atoms with Gasteiger partial charge in [0, 0.05) is 46.3 Å². The fourth-order valence-corrected chi connectivity index (χ4v) is 5.24. The summed E-state index contributed by atoms with van der Waals surface area (Å²) in [7, 11) is 0. The number of esters is 1. The first-order valence-electron chi connectivity index (χ1n) is 11.3. The summed E-state index contributed by atoms with van der Waals surface area (Å²) in [4.78, 5) is 47.1. The molecule has 2 aliphatic rings. The van der Waals surface area contributed by atoms with Crippen molar-refractivity contribution in [2.24, 2.45) is 5.73 Å². The number of H-pyrrole nitrogens is 2. The van der Waals surface area contributed by atoms with Crippen LogP contribution >= 0.6 is 0 Å². The molecule has 4 N–H and O–H groups in total. The van der Waals surface area contributed by atoms with Gasteiger partial charge in [-0.15, -0.1) is 0 Å². The molecule has 0 bridgehead atoms. The molecule has 0 fully saturated rings. The molecule has 34 heavy (non-hydrogen) atoms. The van der Waals surface area contributed by atoms with E-state index in [1.165, 1.54) is 0 Å². The van der Waals surface area contributed by atoms with Crippen LogP contribution in [-0.4, -0.2) is 47.6 Å². The number of aromatic nitrogens is 2. The molecule has 9 heteroatoms. The fourth-order valence-electron chi connectivity index (χ4n) is 5.24. The zero-order chi connectivity index (χ0) is 23.6. The molecule has 9 nitrogen and oxygen atoms in total. The number of nitrogens with zero attached hydrogens (tertiary/aromatic N) is 2. The summed E-state index contributed by atoms with van der Waals surface area (Å²) in [5.74, 6) is -0.507. The van der Waals surface area contributed by atoms with Crippen molar-refractivity contribution in [1.29, 1.82) is 0 Å². The minimum atomic E-state index is -0.471. The van der Waals surface area contributed by atoms with Crippen molar-refractivity contribution in [3.05, 3.63) is 58.9 Å². The third kappa shape index (κ3) is 2.89. The summed E-state index contributed by atoms with van der Waals surface area (Å²) in [5.41, 5.74) is 11.8. The number of primary amides is 1. The Kier molecular flexibility index (Phi) is 4.41. The lowest BCUT2D eigenvalue weighted by Gasteiger charge is -2.16. The number of carbonyl (C=O) groups excluding carboxylic acids is 3. The van der Waals surface area contributed by atoms with E-state index in [1.54, 1.807) is 22.8 Å². The second-order valence-corrected chi connectivity index (χ2v) is 8.58. The molecule has 172 valence electrons. The molecule has 6 rings (SSSR count). The average molecular weight is 457 g/mol. The van der Waals surface area contributed by atoms with Crippen LogP contribution in [0, 0.1) is 0 Å². The van der Waals surface area contributed by atoms with Gasteiger partial charge in [0.15, 0.2) is 0 Å². The molecule has 0 radical (unpaired) electrons. The number of aromatic amines is 2. The van der Waals surface area contributed by atoms with E-state index in [9.17, 15) is 14.4 Å². The summed E-state index contributed by atoms with van der Waals surface area (Å²) in [5, 5.41) is 1.86. The number of hydrogen-bond acceptors (Lipinski definition) is 4. The van der Waals surface area contributed by atoms with Crippen LogP contribution in [0.5, 0.6) is 0 Å². The van der Waals surface area contributed by atoms with E-state index in [1.807, 2.05) is 30.3 Å². The van der Waals surface area contributed by atoms with Crippen LogP contribution in [0.4, 0.5) is 16.2 Å². The number of hydrogen-bond donors (Lipinski definition) is 3. The minimum Gasteiger partial charge on any atom is -0.461 e. The van der Waals surface area contributed by atoms with Crippen molar-refractivity contribution >= 4 is 51.1 Å². The smallest absolute Gasteiger partial charge is 0.354 e.